The van der Waals surface area contributed by atoms with Gasteiger partial charge in [-0.3, -0.25) is 0 Å². The Morgan fingerprint density at radius 2 is 1.78 bits per heavy atom. The van der Waals surface area contributed by atoms with Crippen LogP contribution in [0.1, 0.15) is 91.9 Å². The third-order valence-electron chi connectivity index (χ3n) is 9.40. The van der Waals surface area contributed by atoms with Crippen LogP contribution in [0.15, 0.2) is 11.6 Å². The van der Waals surface area contributed by atoms with E-state index < -0.39 is 0 Å². The fourth-order valence-electron chi connectivity index (χ4n) is 7.80. The van der Waals surface area contributed by atoms with Crippen LogP contribution in [-0.4, -0.2) is 0 Å². The fraction of sp³-hybridized carbons (Fsp3) is 0.913. The van der Waals surface area contributed by atoms with Crippen molar-refractivity contribution in [3.05, 3.63) is 11.6 Å². The summed E-state index contributed by atoms with van der Waals surface area (Å²) in [5, 5.41) is 0. The summed E-state index contributed by atoms with van der Waals surface area (Å²) < 4.78 is 0. The maximum Gasteiger partial charge on any atom is -0.0143 e. The molecule has 4 rings (SSSR count). The second-order valence-corrected chi connectivity index (χ2v) is 10.1. The molecule has 4 aliphatic rings. The predicted octanol–water partition coefficient (Wildman–Crippen LogP) is 7.00. The maximum absolute atomic E-state index is 2.77. The highest BCUT2D eigenvalue weighted by Crippen LogP contribution is 2.66. The molecular weight excluding hydrogens is 276 g/mol. The Bertz CT molecular complexity index is 488. The molecule has 4 aliphatic carbocycles. The van der Waals surface area contributed by atoms with Crippen molar-refractivity contribution in [3.63, 3.8) is 0 Å². The Morgan fingerprint density at radius 1 is 1.00 bits per heavy atom. The first-order chi connectivity index (χ1) is 11.0. The zero-order chi connectivity index (χ0) is 16.2. The average Bonchev–Trinajstić information content (AvgIpc) is 2.91. The Labute approximate surface area is 144 Å². The molecule has 0 aliphatic heterocycles. The van der Waals surface area contributed by atoms with E-state index in [9.17, 15) is 0 Å². The summed E-state index contributed by atoms with van der Waals surface area (Å²) in [5.74, 6) is 4.77. The molecule has 0 aromatic rings. The van der Waals surface area contributed by atoms with E-state index in [4.69, 9.17) is 0 Å². The number of fused-ring (bicyclic) bond motifs is 5. The van der Waals surface area contributed by atoms with E-state index in [2.05, 4.69) is 33.8 Å². The summed E-state index contributed by atoms with van der Waals surface area (Å²) in [6.07, 6.45) is 17.6. The fourth-order valence-corrected chi connectivity index (χ4v) is 7.80. The van der Waals surface area contributed by atoms with Gasteiger partial charge in [0.25, 0.3) is 0 Å². The minimum Gasteiger partial charge on any atom is -0.0844 e. The Hall–Kier alpha value is -0.260. The first kappa shape index (κ1) is 16.2. The molecule has 0 saturated heterocycles. The van der Waals surface area contributed by atoms with Gasteiger partial charge in [-0.25, -0.2) is 0 Å². The molecule has 0 heterocycles. The van der Waals surface area contributed by atoms with Crippen LogP contribution in [0.4, 0.5) is 0 Å². The van der Waals surface area contributed by atoms with Gasteiger partial charge in [0.05, 0.1) is 0 Å². The van der Waals surface area contributed by atoms with Crippen molar-refractivity contribution in [1.29, 1.82) is 0 Å². The van der Waals surface area contributed by atoms with Crippen molar-refractivity contribution in [2.24, 2.45) is 40.4 Å². The van der Waals surface area contributed by atoms with E-state index in [0.717, 1.165) is 29.6 Å². The van der Waals surface area contributed by atoms with E-state index in [1.54, 1.807) is 0 Å². The molecular formula is C23H38. The van der Waals surface area contributed by atoms with Crippen molar-refractivity contribution in [2.45, 2.75) is 91.9 Å². The van der Waals surface area contributed by atoms with Crippen LogP contribution in [0, 0.1) is 40.4 Å². The van der Waals surface area contributed by atoms with Crippen LogP contribution < -0.4 is 0 Å². The zero-order valence-corrected chi connectivity index (χ0v) is 16.0. The number of hydrogen-bond acceptors (Lipinski definition) is 0. The standard InChI is InChI=1S/C23H38/c1-5-16(2)19-11-12-20-18-10-9-17-8-6-7-14-22(17,3)21(18)13-15-23(19,20)4/h10,16-17,19-21H,5-9,11-15H2,1-4H3/t16-,17+,19-,20+,21+,22+,23-/m1/s1. The molecule has 0 spiro atoms. The van der Waals surface area contributed by atoms with Gasteiger partial charge in [-0.15, -0.1) is 0 Å². The molecule has 0 amide bonds. The topological polar surface area (TPSA) is 0 Å². The second kappa shape index (κ2) is 5.63. The first-order valence-electron chi connectivity index (χ1n) is 10.7. The lowest BCUT2D eigenvalue weighted by atomic mass is 9.48. The van der Waals surface area contributed by atoms with E-state index >= 15 is 0 Å². The van der Waals surface area contributed by atoms with Crippen LogP contribution >= 0.6 is 0 Å². The largest absolute Gasteiger partial charge is 0.0844 e. The van der Waals surface area contributed by atoms with Crippen LogP contribution in [0.3, 0.4) is 0 Å². The predicted molar refractivity (Wildman–Crippen MR) is 99.3 cm³/mol. The lowest BCUT2D eigenvalue weighted by molar-refractivity contribution is -0.00754. The SMILES string of the molecule is CC[C@@H](C)[C@H]1CC[C@H]2C3=CC[C@@H]4CCCC[C@]4(C)[C@H]3CC[C@]12C. The van der Waals surface area contributed by atoms with E-state index in [0.29, 0.717) is 10.8 Å². The summed E-state index contributed by atoms with van der Waals surface area (Å²) >= 11 is 0. The van der Waals surface area contributed by atoms with Crippen LogP contribution in [0.2, 0.25) is 0 Å². The highest BCUT2D eigenvalue weighted by molar-refractivity contribution is 5.27. The van der Waals surface area contributed by atoms with Crippen molar-refractivity contribution >= 4 is 0 Å². The summed E-state index contributed by atoms with van der Waals surface area (Å²) in [6, 6.07) is 0. The molecule has 130 valence electrons. The molecule has 0 aromatic carbocycles. The Kier molecular flexibility index (Phi) is 3.97. The highest BCUT2D eigenvalue weighted by Gasteiger charge is 2.57. The molecule has 23 heavy (non-hydrogen) atoms. The van der Waals surface area contributed by atoms with Crippen LogP contribution in [0.25, 0.3) is 0 Å². The number of allylic oxidation sites excluding steroid dienone is 2. The molecule has 7 atom stereocenters. The molecule has 0 heteroatoms. The van der Waals surface area contributed by atoms with E-state index in [1.807, 2.05) is 5.57 Å². The molecule has 0 aromatic heterocycles. The minimum atomic E-state index is 0.621. The average molecular weight is 315 g/mol. The summed E-state index contributed by atoms with van der Waals surface area (Å²) in [5.41, 5.74) is 3.22. The summed E-state index contributed by atoms with van der Waals surface area (Å²) in [6.45, 7) is 10.3. The van der Waals surface area contributed by atoms with Gasteiger partial charge in [-0.2, -0.15) is 0 Å². The molecule has 0 N–H and O–H groups in total. The summed E-state index contributed by atoms with van der Waals surface area (Å²) in [7, 11) is 0. The van der Waals surface area contributed by atoms with Gasteiger partial charge in [-0.05, 0) is 85.4 Å². The summed E-state index contributed by atoms with van der Waals surface area (Å²) in [4.78, 5) is 0. The lowest BCUT2D eigenvalue weighted by Gasteiger charge is -2.57. The third kappa shape index (κ3) is 2.22. The lowest BCUT2D eigenvalue weighted by Crippen LogP contribution is -2.48. The highest BCUT2D eigenvalue weighted by atomic mass is 14.6. The van der Waals surface area contributed by atoms with Gasteiger partial charge in [0.1, 0.15) is 0 Å². The van der Waals surface area contributed by atoms with Gasteiger partial charge < -0.3 is 0 Å². The van der Waals surface area contributed by atoms with Crippen LogP contribution in [0.5, 0.6) is 0 Å². The zero-order valence-electron chi connectivity index (χ0n) is 16.0. The van der Waals surface area contributed by atoms with Crippen molar-refractivity contribution in [3.8, 4) is 0 Å². The molecule has 0 unspecified atom stereocenters. The van der Waals surface area contributed by atoms with E-state index in [-0.39, 0.29) is 0 Å². The molecule has 3 fully saturated rings. The second-order valence-electron chi connectivity index (χ2n) is 10.1. The van der Waals surface area contributed by atoms with E-state index in [1.165, 1.54) is 64.2 Å². The maximum atomic E-state index is 2.77. The molecule has 3 saturated carbocycles. The minimum absolute atomic E-state index is 0.621. The van der Waals surface area contributed by atoms with Crippen molar-refractivity contribution < 1.29 is 0 Å². The monoisotopic (exact) mass is 314 g/mol. The first-order valence-corrected chi connectivity index (χ1v) is 10.7. The Morgan fingerprint density at radius 3 is 2.57 bits per heavy atom. The molecule has 0 nitrogen and oxygen atoms in total. The number of hydrogen-bond donors (Lipinski definition) is 0. The van der Waals surface area contributed by atoms with Gasteiger partial charge in [-0.1, -0.05) is 58.6 Å². The molecule has 0 radical (unpaired) electrons. The smallest absolute Gasteiger partial charge is 0.0143 e. The van der Waals surface area contributed by atoms with Gasteiger partial charge >= 0.3 is 0 Å². The van der Waals surface area contributed by atoms with Gasteiger partial charge in [0, 0.05) is 0 Å². The van der Waals surface area contributed by atoms with Gasteiger partial charge in [0.15, 0.2) is 0 Å². The Balaban J connectivity index is 1.65. The van der Waals surface area contributed by atoms with Crippen molar-refractivity contribution in [2.75, 3.05) is 0 Å². The van der Waals surface area contributed by atoms with Crippen molar-refractivity contribution in [1.82, 2.24) is 0 Å². The third-order valence-corrected chi connectivity index (χ3v) is 9.40. The molecule has 0 bridgehead atoms. The van der Waals surface area contributed by atoms with Gasteiger partial charge in [0.2, 0.25) is 0 Å². The quantitative estimate of drug-likeness (QED) is 0.481. The number of rotatable bonds is 2. The normalized spacial score (nSPS) is 50.5. The van der Waals surface area contributed by atoms with Crippen LogP contribution in [-0.2, 0) is 0 Å².